The number of amides is 1. The van der Waals surface area contributed by atoms with Gasteiger partial charge in [0.1, 0.15) is 11.4 Å². The third kappa shape index (κ3) is 8.20. The van der Waals surface area contributed by atoms with E-state index >= 15 is 0 Å². The first-order chi connectivity index (χ1) is 23.0. The summed E-state index contributed by atoms with van der Waals surface area (Å²) in [6.45, 7) is 9.42. The SMILES string of the molecule is CC/C=C/C(OC)(C1SCCCS1)C1CCC1CN1CC(c2ccc(Cl)cc2CCC)COc2ccc(C(=O)NS(=O)(=O)C(C)C)cc21. The molecule has 5 rings (SSSR count). The highest BCUT2D eigenvalue weighted by Gasteiger charge is 2.52. The monoisotopic (exact) mass is 734 g/mol. The van der Waals surface area contributed by atoms with Crippen LogP contribution < -0.4 is 14.4 Å². The van der Waals surface area contributed by atoms with Gasteiger partial charge < -0.3 is 14.4 Å². The van der Waals surface area contributed by atoms with E-state index in [0.29, 0.717) is 40.9 Å². The summed E-state index contributed by atoms with van der Waals surface area (Å²) < 4.78 is 40.8. The number of anilines is 1. The van der Waals surface area contributed by atoms with Gasteiger partial charge in [0, 0.05) is 36.7 Å². The number of ether oxygens (including phenoxy) is 2. The highest BCUT2D eigenvalue weighted by molar-refractivity contribution is 8.17. The van der Waals surface area contributed by atoms with Gasteiger partial charge in [-0.25, -0.2) is 13.1 Å². The summed E-state index contributed by atoms with van der Waals surface area (Å²) in [4.78, 5) is 15.7. The van der Waals surface area contributed by atoms with Crippen LogP contribution in [-0.4, -0.2) is 68.1 Å². The van der Waals surface area contributed by atoms with Crippen LogP contribution >= 0.6 is 35.1 Å². The third-order valence-electron chi connectivity index (χ3n) is 9.98. The lowest BCUT2D eigenvalue weighted by Crippen LogP contribution is -2.55. The molecule has 11 heteroatoms. The number of halogens is 1. The molecule has 2 heterocycles. The predicted molar refractivity (Wildman–Crippen MR) is 203 cm³/mol. The van der Waals surface area contributed by atoms with Crippen molar-refractivity contribution < 1.29 is 22.7 Å². The summed E-state index contributed by atoms with van der Waals surface area (Å²) >= 11 is 10.5. The number of fused-ring (bicyclic) bond motifs is 1. The maximum absolute atomic E-state index is 13.3. The van der Waals surface area contributed by atoms with Crippen LogP contribution in [0.4, 0.5) is 5.69 Å². The summed E-state index contributed by atoms with van der Waals surface area (Å²) in [5.41, 5.74) is 3.21. The van der Waals surface area contributed by atoms with Crippen molar-refractivity contribution in [3.63, 3.8) is 0 Å². The number of sulfonamides is 1. The van der Waals surface area contributed by atoms with Gasteiger partial charge in [0.05, 0.1) is 22.1 Å². The Hall–Kier alpha value is -1.85. The van der Waals surface area contributed by atoms with E-state index in [2.05, 4.69) is 47.8 Å². The third-order valence-corrected chi connectivity index (χ3v) is 15.1. The molecule has 0 bridgehead atoms. The van der Waals surface area contributed by atoms with Crippen molar-refractivity contribution in [1.29, 1.82) is 0 Å². The van der Waals surface area contributed by atoms with Gasteiger partial charge in [-0.1, -0.05) is 50.1 Å². The first-order valence-corrected chi connectivity index (χ1v) is 21.4. The zero-order valence-electron chi connectivity index (χ0n) is 28.9. The fourth-order valence-electron chi connectivity index (χ4n) is 7.17. The Morgan fingerprint density at radius 3 is 2.58 bits per heavy atom. The van der Waals surface area contributed by atoms with Crippen molar-refractivity contribution in [2.75, 3.05) is 43.2 Å². The molecule has 2 fully saturated rings. The smallest absolute Gasteiger partial charge is 0.264 e. The zero-order chi connectivity index (χ0) is 34.5. The number of aryl methyl sites for hydroxylation is 1. The van der Waals surface area contributed by atoms with Crippen LogP contribution in [0, 0.1) is 11.8 Å². The van der Waals surface area contributed by atoms with Gasteiger partial charge in [-0.2, -0.15) is 0 Å². The average Bonchev–Trinajstić information content (AvgIpc) is 3.24. The lowest BCUT2D eigenvalue weighted by molar-refractivity contribution is -0.0637. The van der Waals surface area contributed by atoms with Crippen molar-refractivity contribution >= 4 is 56.7 Å². The number of benzene rings is 2. The summed E-state index contributed by atoms with van der Waals surface area (Å²) in [5, 5.41) is 0.00842. The molecule has 264 valence electrons. The van der Waals surface area contributed by atoms with Crippen molar-refractivity contribution in [3.05, 3.63) is 70.3 Å². The minimum absolute atomic E-state index is 0.0740. The summed E-state index contributed by atoms with van der Waals surface area (Å²) in [7, 11) is -1.91. The van der Waals surface area contributed by atoms with Crippen molar-refractivity contribution in [1.82, 2.24) is 4.72 Å². The van der Waals surface area contributed by atoms with Gasteiger partial charge >= 0.3 is 0 Å². The number of carbonyl (C=O) groups is 1. The molecule has 4 unspecified atom stereocenters. The van der Waals surface area contributed by atoms with E-state index in [4.69, 9.17) is 21.1 Å². The zero-order valence-corrected chi connectivity index (χ0v) is 32.1. The fraction of sp³-hybridized carbons (Fsp3) is 0.595. The van der Waals surface area contributed by atoms with Gasteiger partial charge in [0.25, 0.3) is 5.91 Å². The second kappa shape index (κ2) is 16.4. The number of methoxy groups -OCH3 is 1. The van der Waals surface area contributed by atoms with Crippen molar-refractivity contribution in [3.8, 4) is 5.75 Å². The molecule has 0 radical (unpaired) electrons. The molecular weight excluding hydrogens is 684 g/mol. The lowest BCUT2D eigenvalue weighted by atomic mass is 9.64. The molecule has 48 heavy (non-hydrogen) atoms. The number of hydrogen-bond acceptors (Lipinski definition) is 8. The number of thioether (sulfide) groups is 2. The fourth-order valence-corrected chi connectivity index (χ4v) is 11.4. The van der Waals surface area contributed by atoms with Crippen LogP contribution in [0.5, 0.6) is 5.75 Å². The number of hydrogen-bond donors (Lipinski definition) is 1. The largest absolute Gasteiger partial charge is 0.491 e. The lowest BCUT2D eigenvalue weighted by Gasteiger charge is -2.53. The maximum Gasteiger partial charge on any atom is 0.264 e. The van der Waals surface area contributed by atoms with E-state index < -0.39 is 21.2 Å². The van der Waals surface area contributed by atoms with Crippen molar-refractivity contribution in [2.45, 2.75) is 87.6 Å². The quantitative estimate of drug-likeness (QED) is 0.206. The van der Waals surface area contributed by atoms with E-state index in [1.165, 1.54) is 17.5 Å². The van der Waals surface area contributed by atoms with Crippen LogP contribution in [0.2, 0.25) is 5.02 Å². The van der Waals surface area contributed by atoms with Gasteiger partial charge in [-0.3, -0.25) is 4.79 Å². The molecule has 2 aromatic carbocycles. The molecule has 7 nitrogen and oxygen atoms in total. The minimum atomic E-state index is -3.78. The molecule has 1 amide bonds. The first kappa shape index (κ1) is 37.4. The molecular formula is C37H51ClN2O5S3. The molecule has 0 aromatic heterocycles. The van der Waals surface area contributed by atoms with Crippen LogP contribution in [0.15, 0.2) is 48.6 Å². The molecule has 4 atom stereocenters. The van der Waals surface area contributed by atoms with Gasteiger partial charge in [0.15, 0.2) is 0 Å². The van der Waals surface area contributed by atoms with Gasteiger partial charge in [0.2, 0.25) is 10.0 Å². The minimum Gasteiger partial charge on any atom is -0.491 e. The molecule has 1 aliphatic carbocycles. The van der Waals surface area contributed by atoms with Gasteiger partial charge in [-0.05, 0) is 111 Å². The Morgan fingerprint density at radius 1 is 1.17 bits per heavy atom. The van der Waals surface area contributed by atoms with E-state index in [1.807, 2.05) is 42.8 Å². The highest BCUT2D eigenvalue weighted by Crippen LogP contribution is 2.53. The Labute approximate surface area is 301 Å². The van der Waals surface area contributed by atoms with E-state index in [-0.39, 0.29) is 11.5 Å². The molecule has 2 aliphatic heterocycles. The molecule has 3 aliphatic rings. The topological polar surface area (TPSA) is 84.9 Å². The average molecular weight is 735 g/mol. The van der Waals surface area contributed by atoms with Crippen LogP contribution in [0.1, 0.15) is 87.2 Å². The van der Waals surface area contributed by atoms with E-state index in [9.17, 15) is 13.2 Å². The molecule has 1 N–H and O–H groups in total. The van der Waals surface area contributed by atoms with E-state index in [1.54, 1.807) is 26.0 Å². The van der Waals surface area contributed by atoms with Gasteiger partial charge in [-0.15, -0.1) is 23.5 Å². The van der Waals surface area contributed by atoms with Crippen molar-refractivity contribution in [2.24, 2.45) is 11.8 Å². The number of allylic oxidation sites excluding steroid dienone is 1. The van der Waals surface area contributed by atoms with Crippen LogP contribution in [0.25, 0.3) is 0 Å². The highest BCUT2D eigenvalue weighted by atomic mass is 35.5. The Kier molecular flexibility index (Phi) is 12.8. The predicted octanol–water partition coefficient (Wildman–Crippen LogP) is 8.32. The standard InChI is InChI=1S/C37H51ClN2O5S3/c1-6-8-17-37(44-5,36-46-18-9-19-47-36)32-15-11-28(32)22-40-23-29(31-14-13-30(38)20-26(31)10-7-2)24-45-34-16-12-27(21-33(34)40)35(41)39-48(42,43)25(3)4/h8,12-14,16-17,20-21,25,28-29,32,36H,6-7,9-11,15,18-19,22-24H2,1-5H3,(H,39,41)/b17-8+. The second-order valence-electron chi connectivity index (χ2n) is 13.5. The molecule has 2 aromatic rings. The Bertz CT molecular complexity index is 1560. The Morgan fingerprint density at radius 2 is 1.94 bits per heavy atom. The Balaban J connectivity index is 1.52. The number of nitrogens with one attached hydrogen (secondary N) is 1. The molecule has 1 saturated carbocycles. The normalized spacial score (nSPS) is 23.2. The van der Waals surface area contributed by atoms with Crippen LogP contribution in [0.3, 0.4) is 0 Å². The number of carbonyl (C=O) groups excluding carboxylic acids is 1. The van der Waals surface area contributed by atoms with E-state index in [0.717, 1.165) is 60.9 Å². The maximum atomic E-state index is 13.3. The molecule has 0 spiro atoms. The summed E-state index contributed by atoms with van der Waals surface area (Å²) in [6.07, 6.45) is 10.9. The summed E-state index contributed by atoms with van der Waals surface area (Å²) in [6, 6.07) is 11.5. The number of nitrogens with zero attached hydrogens (tertiary/aromatic N) is 1. The van der Waals surface area contributed by atoms with Crippen LogP contribution in [-0.2, 0) is 21.2 Å². The summed E-state index contributed by atoms with van der Waals surface area (Å²) in [5.74, 6) is 3.14. The number of rotatable bonds is 13. The first-order valence-electron chi connectivity index (χ1n) is 17.3. The second-order valence-corrected chi connectivity index (χ2v) is 18.9. The molecule has 1 saturated heterocycles.